The number of nitrogens with one attached hydrogen (secondary N) is 1. The molecule has 5 heteroatoms. The smallest absolute Gasteiger partial charge is 0.231 e. The molecule has 1 aromatic carbocycles. The molecule has 0 fully saturated rings. The normalized spacial score (nSPS) is 9.50. The molecule has 0 saturated carbocycles. The number of hydrogen-bond acceptors (Lipinski definition) is 4. The van der Waals surface area contributed by atoms with Gasteiger partial charge in [0.2, 0.25) is 5.91 Å². The molecule has 3 N–H and O–H groups in total. The standard InChI is InChI=1S/C11H13N3OS/c1-8-2-3-9(13)10(6-8)16-7-11(15)14-5-4-12/h2-3,6H,5,7,13H2,1H3,(H,14,15). The first-order valence-electron chi connectivity index (χ1n) is 4.76. The largest absolute Gasteiger partial charge is 0.398 e. The van der Waals surface area contributed by atoms with Crippen molar-refractivity contribution in [1.82, 2.24) is 5.32 Å². The number of benzene rings is 1. The molecule has 0 aliphatic carbocycles. The van der Waals surface area contributed by atoms with E-state index in [1.165, 1.54) is 11.8 Å². The average Bonchev–Trinajstić information content (AvgIpc) is 2.27. The van der Waals surface area contributed by atoms with Crippen molar-refractivity contribution < 1.29 is 4.79 Å². The summed E-state index contributed by atoms with van der Waals surface area (Å²) in [5.74, 6) is 0.113. The molecular formula is C11H13N3OS. The monoisotopic (exact) mass is 235 g/mol. The number of rotatable bonds is 4. The zero-order chi connectivity index (χ0) is 12.0. The van der Waals surface area contributed by atoms with Gasteiger partial charge >= 0.3 is 0 Å². The molecule has 0 bridgehead atoms. The van der Waals surface area contributed by atoms with E-state index in [1.54, 1.807) is 0 Å². The number of aryl methyl sites for hydroxylation is 1. The van der Waals surface area contributed by atoms with Crippen molar-refractivity contribution in [3.8, 4) is 6.07 Å². The Bertz CT molecular complexity index is 426. The number of carbonyl (C=O) groups is 1. The third-order valence-corrected chi connectivity index (χ3v) is 2.96. The number of nitrogen functional groups attached to an aromatic ring is 1. The van der Waals surface area contributed by atoms with E-state index in [2.05, 4.69) is 5.32 Å². The van der Waals surface area contributed by atoms with Gasteiger partial charge in [-0.25, -0.2) is 0 Å². The fourth-order valence-corrected chi connectivity index (χ4v) is 1.99. The Morgan fingerprint density at radius 3 is 3.06 bits per heavy atom. The van der Waals surface area contributed by atoms with Crippen molar-refractivity contribution in [3.05, 3.63) is 23.8 Å². The number of amides is 1. The van der Waals surface area contributed by atoms with Crippen LogP contribution in [0, 0.1) is 18.3 Å². The van der Waals surface area contributed by atoms with Crippen LogP contribution >= 0.6 is 11.8 Å². The SMILES string of the molecule is Cc1ccc(N)c(SCC(=O)NCC#N)c1. The first-order chi connectivity index (χ1) is 7.63. The minimum Gasteiger partial charge on any atom is -0.398 e. The first-order valence-corrected chi connectivity index (χ1v) is 5.74. The van der Waals surface area contributed by atoms with Gasteiger partial charge in [0.15, 0.2) is 0 Å². The van der Waals surface area contributed by atoms with Crippen LogP contribution in [0.1, 0.15) is 5.56 Å². The molecule has 0 saturated heterocycles. The minimum atomic E-state index is -0.160. The van der Waals surface area contributed by atoms with E-state index >= 15 is 0 Å². The Kier molecular flexibility index (Phi) is 4.67. The third-order valence-electron chi connectivity index (χ3n) is 1.89. The highest BCUT2D eigenvalue weighted by atomic mass is 32.2. The number of nitriles is 1. The Labute approximate surface area is 98.8 Å². The Balaban J connectivity index is 2.51. The summed E-state index contributed by atoms with van der Waals surface area (Å²) in [5.41, 5.74) is 7.55. The molecule has 0 radical (unpaired) electrons. The van der Waals surface area contributed by atoms with E-state index in [0.29, 0.717) is 5.69 Å². The van der Waals surface area contributed by atoms with Gasteiger partial charge in [-0.1, -0.05) is 6.07 Å². The van der Waals surface area contributed by atoms with E-state index in [1.807, 2.05) is 31.2 Å². The van der Waals surface area contributed by atoms with Gasteiger partial charge < -0.3 is 11.1 Å². The molecule has 0 atom stereocenters. The van der Waals surface area contributed by atoms with Crippen molar-refractivity contribution in [2.24, 2.45) is 0 Å². The van der Waals surface area contributed by atoms with Gasteiger partial charge in [-0.05, 0) is 24.6 Å². The van der Waals surface area contributed by atoms with Gasteiger partial charge in [-0.15, -0.1) is 11.8 Å². The van der Waals surface area contributed by atoms with E-state index in [9.17, 15) is 4.79 Å². The number of nitrogens with zero attached hydrogens (tertiary/aromatic N) is 1. The van der Waals surface area contributed by atoms with Crippen LogP contribution in [-0.2, 0) is 4.79 Å². The zero-order valence-corrected chi connectivity index (χ0v) is 9.80. The van der Waals surface area contributed by atoms with Crippen LogP contribution < -0.4 is 11.1 Å². The second kappa shape index (κ2) is 6.03. The van der Waals surface area contributed by atoms with Crippen molar-refractivity contribution >= 4 is 23.4 Å². The summed E-state index contributed by atoms with van der Waals surface area (Å²) in [6, 6.07) is 7.54. The Morgan fingerprint density at radius 2 is 2.38 bits per heavy atom. The molecule has 16 heavy (non-hydrogen) atoms. The predicted octanol–water partition coefficient (Wildman–Crippen LogP) is 1.31. The van der Waals surface area contributed by atoms with Gasteiger partial charge in [0, 0.05) is 10.6 Å². The second-order valence-electron chi connectivity index (χ2n) is 3.26. The summed E-state index contributed by atoms with van der Waals surface area (Å²) in [6.45, 7) is 2.02. The summed E-state index contributed by atoms with van der Waals surface area (Å²) in [6.07, 6.45) is 0. The second-order valence-corrected chi connectivity index (χ2v) is 4.28. The van der Waals surface area contributed by atoms with Crippen molar-refractivity contribution in [3.63, 3.8) is 0 Å². The summed E-state index contributed by atoms with van der Waals surface area (Å²) in [4.78, 5) is 12.1. The molecule has 0 aliphatic rings. The lowest BCUT2D eigenvalue weighted by atomic mass is 10.2. The Hall–Kier alpha value is -1.67. The van der Waals surface area contributed by atoms with Gasteiger partial charge in [0.25, 0.3) is 0 Å². The fourth-order valence-electron chi connectivity index (χ4n) is 1.10. The van der Waals surface area contributed by atoms with E-state index < -0.39 is 0 Å². The lowest BCUT2D eigenvalue weighted by Crippen LogP contribution is -2.25. The van der Waals surface area contributed by atoms with Crippen molar-refractivity contribution in [1.29, 1.82) is 5.26 Å². The first kappa shape index (κ1) is 12.4. The van der Waals surface area contributed by atoms with E-state index in [-0.39, 0.29) is 18.2 Å². The molecule has 1 rings (SSSR count). The number of thioether (sulfide) groups is 1. The number of carbonyl (C=O) groups excluding carboxylic acids is 1. The molecule has 84 valence electrons. The summed E-state index contributed by atoms with van der Waals surface area (Å²) in [7, 11) is 0. The maximum absolute atomic E-state index is 11.2. The Morgan fingerprint density at radius 1 is 1.62 bits per heavy atom. The highest BCUT2D eigenvalue weighted by Gasteiger charge is 2.04. The summed E-state index contributed by atoms with van der Waals surface area (Å²) < 4.78 is 0. The van der Waals surface area contributed by atoms with Crippen LogP contribution in [0.25, 0.3) is 0 Å². The highest BCUT2D eigenvalue weighted by Crippen LogP contribution is 2.25. The molecule has 0 aromatic heterocycles. The predicted molar refractivity (Wildman–Crippen MR) is 64.9 cm³/mol. The zero-order valence-electron chi connectivity index (χ0n) is 8.99. The van der Waals surface area contributed by atoms with Crippen LogP contribution in [0.4, 0.5) is 5.69 Å². The van der Waals surface area contributed by atoms with Gasteiger partial charge in [-0.2, -0.15) is 5.26 Å². The van der Waals surface area contributed by atoms with Gasteiger partial charge in [0.05, 0.1) is 11.8 Å². The van der Waals surface area contributed by atoms with Gasteiger partial charge in [-0.3, -0.25) is 4.79 Å². The quantitative estimate of drug-likeness (QED) is 0.468. The fraction of sp³-hybridized carbons (Fsp3) is 0.273. The molecule has 0 heterocycles. The molecule has 0 unspecified atom stereocenters. The molecule has 0 spiro atoms. The van der Waals surface area contributed by atoms with E-state index in [0.717, 1.165) is 10.5 Å². The molecule has 0 aliphatic heterocycles. The minimum absolute atomic E-state index is 0.0443. The maximum atomic E-state index is 11.2. The number of anilines is 1. The molecule has 4 nitrogen and oxygen atoms in total. The van der Waals surface area contributed by atoms with Crippen LogP contribution in [0.3, 0.4) is 0 Å². The average molecular weight is 235 g/mol. The van der Waals surface area contributed by atoms with Crippen molar-refractivity contribution in [2.75, 3.05) is 18.0 Å². The van der Waals surface area contributed by atoms with Crippen molar-refractivity contribution in [2.45, 2.75) is 11.8 Å². The number of hydrogen-bond donors (Lipinski definition) is 2. The van der Waals surface area contributed by atoms with Crippen LogP contribution in [-0.4, -0.2) is 18.2 Å². The van der Waals surface area contributed by atoms with Crippen LogP contribution in [0.15, 0.2) is 23.1 Å². The lowest BCUT2D eigenvalue weighted by molar-refractivity contribution is -0.118. The maximum Gasteiger partial charge on any atom is 0.231 e. The molecule has 1 aromatic rings. The molecular weight excluding hydrogens is 222 g/mol. The number of nitrogens with two attached hydrogens (primary N) is 1. The summed E-state index contributed by atoms with van der Waals surface area (Å²) >= 11 is 1.37. The highest BCUT2D eigenvalue weighted by molar-refractivity contribution is 8.00. The lowest BCUT2D eigenvalue weighted by Gasteiger charge is -2.06. The van der Waals surface area contributed by atoms with E-state index in [4.69, 9.17) is 11.0 Å². The molecule has 1 amide bonds. The van der Waals surface area contributed by atoms with Crippen LogP contribution in [0.2, 0.25) is 0 Å². The van der Waals surface area contributed by atoms with Gasteiger partial charge in [0.1, 0.15) is 6.54 Å². The third kappa shape index (κ3) is 3.83. The topological polar surface area (TPSA) is 78.9 Å². The summed E-state index contributed by atoms with van der Waals surface area (Å²) in [5, 5.41) is 10.8. The van der Waals surface area contributed by atoms with Crippen LogP contribution in [0.5, 0.6) is 0 Å².